The lowest BCUT2D eigenvalue weighted by Gasteiger charge is -2.54. The highest BCUT2D eigenvalue weighted by molar-refractivity contribution is 5.37. The van der Waals surface area contributed by atoms with Crippen molar-refractivity contribution < 1.29 is 14.9 Å². The van der Waals surface area contributed by atoms with Crippen LogP contribution in [0, 0.1) is 30.6 Å². The van der Waals surface area contributed by atoms with Gasteiger partial charge in [-0.25, -0.2) is 0 Å². The number of ether oxygens (including phenoxy) is 1. The van der Waals surface area contributed by atoms with Gasteiger partial charge in [-0.1, -0.05) is 53.2 Å². The van der Waals surface area contributed by atoms with Crippen molar-refractivity contribution in [1.82, 2.24) is 0 Å². The Bertz CT molecular complexity index is 725. The van der Waals surface area contributed by atoms with Gasteiger partial charge in [-0.3, -0.25) is 0 Å². The molecule has 33 heavy (non-hydrogen) atoms. The molecule has 5 rings (SSSR count). The van der Waals surface area contributed by atoms with Crippen LogP contribution in [-0.4, -0.2) is 27.5 Å². The molecule has 4 aliphatic rings. The molecule has 0 aromatic heterocycles. The fourth-order valence-electron chi connectivity index (χ4n) is 6.04. The summed E-state index contributed by atoms with van der Waals surface area (Å²) in [7, 11) is 0. The van der Waals surface area contributed by atoms with Gasteiger partial charge in [0.2, 0.25) is 0 Å². The number of aryl methyl sites for hydroxylation is 1. The van der Waals surface area contributed by atoms with E-state index < -0.39 is 0 Å². The van der Waals surface area contributed by atoms with Gasteiger partial charge in [-0.05, 0) is 113 Å². The van der Waals surface area contributed by atoms with Crippen molar-refractivity contribution in [2.75, 3.05) is 0 Å². The van der Waals surface area contributed by atoms with E-state index in [1.165, 1.54) is 38.5 Å². The molecule has 3 atom stereocenters. The summed E-state index contributed by atoms with van der Waals surface area (Å²) in [5.41, 5.74) is 2.51. The second-order valence-electron chi connectivity index (χ2n) is 12.5. The monoisotopic (exact) mass is 460 g/mol. The van der Waals surface area contributed by atoms with Crippen molar-refractivity contribution in [3.05, 3.63) is 29.3 Å². The van der Waals surface area contributed by atoms with Crippen LogP contribution in [0.25, 0.3) is 0 Å². The number of benzene rings is 1. The molecule has 0 radical (unpaired) electrons. The van der Waals surface area contributed by atoms with E-state index in [-0.39, 0.29) is 17.3 Å². The maximum absolute atomic E-state index is 9.71. The van der Waals surface area contributed by atoms with E-state index in [2.05, 4.69) is 55.4 Å². The molecule has 2 N–H and O–H groups in total. The number of phenolic OH excluding ortho intramolecular Hbond substituents is 1. The maximum Gasteiger partial charge on any atom is 0.119 e. The Hall–Kier alpha value is -1.06. The van der Waals surface area contributed by atoms with Gasteiger partial charge in [0.05, 0.1) is 17.3 Å². The third-order valence-electron chi connectivity index (χ3n) is 8.33. The lowest BCUT2D eigenvalue weighted by molar-refractivity contribution is -0.229. The Labute approximate surface area is 204 Å². The minimum atomic E-state index is -0.0289. The molecule has 0 spiro atoms. The van der Waals surface area contributed by atoms with E-state index in [1.54, 1.807) is 6.07 Å². The SMILES string of the molecule is CC12CCC(CC1)C(C)(C)O2.CC1CCC(C(C)C)C(O)C1.Cc1ccc(C(C)C)c(O)c1. The second-order valence-corrected chi connectivity index (χ2v) is 12.5. The lowest BCUT2D eigenvalue weighted by atomic mass is 9.69. The number of aliphatic hydroxyl groups excluding tert-OH is 1. The first kappa shape index (κ1) is 28.2. The molecule has 2 aliphatic carbocycles. The quantitative estimate of drug-likeness (QED) is 0.470. The Kier molecular flexibility index (Phi) is 9.89. The Morgan fingerprint density at radius 1 is 0.970 bits per heavy atom. The van der Waals surface area contributed by atoms with Crippen LogP contribution in [0.4, 0.5) is 0 Å². The zero-order valence-electron chi connectivity index (χ0n) is 22.9. The predicted octanol–water partition coefficient (Wildman–Crippen LogP) is 8.01. The van der Waals surface area contributed by atoms with Gasteiger partial charge in [0.15, 0.2) is 0 Å². The molecule has 4 fully saturated rings. The van der Waals surface area contributed by atoms with E-state index in [1.807, 2.05) is 19.1 Å². The summed E-state index contributed by atoms with van der Waals surface area (Å²) in [5.74, 6) is 3.59. The minimum absolute atomic E-state index is 0.0289. The number of phenols is 1. The van der Waals surface area contributed by atoms with Crippen molar-refractivity contribution in [3.63, 3.8) is 0 Å². The summed E-state index contributed by atoms with van der Waals surface area (Å²) in [6.45, 7) is 19.5. The topological polar surface area (TPSA) is 49.7 Å². The fraction of sp³-hybridized carbons (Fsp3) is 0.800. The number of hydrogen-bond acceptors (Lipinski definition) is 3. The van der Waals surface area contributed by atoms with Gasteiger partial charge >= 0.3 is 0 Å². The maximum atomic E-state index is 9.71. The third-order valence-corrected chi connectivity index (χ3v) is 8.33. The Morgan fingerprint density at radius 3 is 1.97 bits per heavy atom. The minimum Gasteiger partial charge on any atom is -0.508 e. The molecule has 1 aromatic carbocycles. The largest absolute Gasteiger partial charge is 0.508 e. The van der Waals surface area contributed by atoms with Crippen molar-refractivity contribution in [3.8, 4) is 5.75 Å². The van der Waals surface area contributed by atoms with Crippen LogP contribution in [0.5, 0.6) is 5.75 Å². The molecule has 2 aliphatic heterocycles. The summed E-state index contributed by atoms with van der Waals surface area (Å²) in [6, 6.07) is 5.81. The van der Waals surface area contributed by atoms with Crippen LogP contribution in [-0.2, 0) is 4.74 Å². The highest BCUT2D eigenvalue weighted by atomic mass is 16.5. The first-order chi connectivity index (χ1) is 15.2. The fourth-order valence-corrected chi connectivity index (χ4v) is 6.04. The van der Waals surface area contributed by atoms with Crippen LogP contribution in [0.3, 0.4) is 0 Å². The highest BCUT2D eigenvalue weighted by Crippen LogP contribution is 2.49. The van der Waals surface area contributed by atoms with Gasteiger partial charge in [-0.2, -0.15) is 0 Å². The number of hydrogen-bond donors (Lipinski definition) is 2. The summed E-state index contributed by atoms with van der Waals surface area (Å²) in [4.78, 5) is 0. The zero-order valence-corrected chi connectivity index (χ0v) is 22.9. The van der Waals surface area contributed by atoms with Crippen molar-refractivity contribution in [1.29, 1.82) is 0 Å². The van der Waals surface area contributed by atoms with Gasteiger partial charge in [-0.15, -0.1) is 0 Å². The molecule has 2 heterocycles. The van der Waals surface area contributed by atoms with Crippen LogP contribution in [0.15, 0.2) is 18.2 Å². The average molecular weight is 461 g/mol. The third kappa shape index (κ3) is 7.99. The molecule has 1 aromatic rings. The van der Waals surface area contributed by atoms with E-state index in [0.717, 1.165) is 29.4 Å². The molecule has 3 unspecified atom stereocenters. The number of aromatic hydroxyl groups is 1. The van der Waals surface area contributed by atoms with E-state index in [9.17, 15) is 10.2 Å². The van der Waals surface area contributed by atoms with E-state index in [4.69, 9.17) is 4.74 Å². The Balaban J connectivity index is 0.000000175. The lowest BCUT2D eigenvalue weighted by Crippen LogP contribution is -2.53. The molecule has 3 nitrogen and oxygen atoms in total. The molecule has 2 bridgehead atoms. The van der Waals surface area contributed by atoms with Gasteiger partial charge in [0, 0.05) is 0 Å². The first-order valence-electron chi connectivity index (χ1n) is 13.4. The van der Waals surface area contributed by atoms with E-state index in [0.29, 0.717) is 23.5 Å². The smallest absolute Gasteiger partial charge is 0.119 e. The van der Waals surface area contributed by atoms with Crippen molar-refractivity contribution in [2.24, 2.45) is 23.7 Å². The average Bonchev–Trinajstić information content (AvgIpc) is 2.67. The van der Waals surface area contributed by atoms with Crippen LogP contribution >= 0.6 is 0 Å². The standard InChI is InChI=1S/C10H18O.C10H20O.C10H14O/c1-9(2)8-4-6-10(3,11-9)7-5-8;2*1-7(2)9-5-4-8(3)6-10(9)11/h8H,4-7H2,1-3H3;7-11H,4-6H2,1-3H3;4-7,11H,1-3H3. The number of fused-ring (bicyclic) bond motifs is 3. The van der Waals surface area contributed by atoms with Crippen LogP contribution in [0.2, 0.25) is 0 Å². The normalized spacial score (nSPS) is 32.6. The molecule has 2 saturated heterocycles. The van der Waals surface area contributed by atoms with Gasteiger partial charge in [0.1, 0.15) is 5.75 Å². The predicted molar refractivity (Wildman–Crippen MR) is 140 cm³/mol. The molecule has 190 valence electrons. The van der Waals surface area contributed by atoms with E-state index >= 15 is 0 Å². The van der Waals surface area contributed by atoms with Gasteiger partial charge < -0.3 is 14.9 Å². The van der Waals surface area contributed by atoms with Crippen LogP contribution < -0.4 is 0 Å². The number of aliphatic hydroxyl groups is 1. The Morgan fingerprint density at radius 2 is 1.58 bits per heavy atom. The van der Waals surface area contributed by atoms with Crippen molar-refractivity contribution in [2.45, 2.75) is 130 Å². The van der Waals surface area contributed by atoms with Gasteiger partial charge in [0.25, 0.3) is 0 Å². The summed E-state index contributed by atoms with van der Waals surface area (Å²) < 4.78 is 6.06. The summed E-state index contributed by atoms with van der Waals surface area (Å²) in [5, 5.41) is 19.2. The second kappa shape index (κ2) is 11.6. The molecular formula is C30H52O3. The zero-order chi connectivity index (χ0) is 25.0. The number of rotatable bonds is 2. The molecular weight excluding hydrogens is 408 g/mol. The highest BCUT2D eigenvalue weighted by Gasteiger charge is 2.48. The van der Waals surface area contributed by atoms with Crippen LogP contribution in [0.1, 0.15) is 117 Å². The van der Waals surface area contributed by atoms with Crippen molar-refractivity contribution >= 4 is 0 Å². The summed E-state index contributed by atoms with van der Waals surface area (Å²) in [6.07, 6.45) is 8.83. The molecule has 0 amide bonds. The molecule has 3 heteroatoms. The molecule has 2 saturated carbocycles. The summed E-state index contributed by atoms with van der Waals surface area (Å²) >= 11 is 0. The first-order valence-corrected chi connectivity index (χ1v) is 13.4.